The normalized spacial score (nSPS) is 15.4. The van der Waals surface area contributed by atoms with Crippen molar-refractivity contribution in [2.24, 2.45) is 0 Å². The van der Waals surface area contributed by atoms with Gasteiger partial charge in [-0.15, -0.1) is 0 Å². The average Bonchev–Trinajstić information content (AvgIpc) is 3.37. The van der Waals surface area contributed by atoms with E-state index in [0.717, 1.165) is 62.5 Å². The first-order valence-corrected chi connectivity index (χ1v) is 12.8. The third-order valence-corrected chi connectivity index (χ3v) is 6.05. The SMILES string of the molecule is CN1CCN(C(=O)c2n[nH]c3c2CN(Cc2ccc(F)cc2)CC3)CC1.O=C(O)C(F)(F)F.O=C(O)C(F)(F)F.O=C(O)C(F)(F)F. The molecule has 1 aromatic carbocycles. The number of aliphatic carboxylic acids is 3. The highest BCUT2D eigenvalue weighted by atomic mass is 19.4. The number of fused-ring (bicyclic) bond motifs is 1. The minimum Gasteiger partial charge on any atom is -0.475 e. The number of carboxylic acid groups (broad SMARTS) is 3. The van der Waals surface area contributed by atoms with Gasteiger partial charge in [-0.2, -0.15) is 44.6 Å². The molecule has 3 heterocycles. The second kappa shape index (κ2) is 16.9. The number of piperazine rings is 1. The molecule has 12 nitrogen and oxygen atoms in total. The highest BCUT2D eigenvalue weighted by Crippen LogP contribution is 2.23. The van der Waals surface area contributed by atoms with Gasteiger partial charge < -0.3 is 25.1 Å². The molecule has 2 aliphatic rings. The van der Waals surface area contributed by atoms with Crippen LogP contribution in [0.3, 0.4) is 0 Å². The number of aromatic amines is 1. The molecule has 1 fully saturated rings. The smallest absolute Gasteiger partial charge is 0.475 e. The van der Waals surface area contributed by atoms with Crippen LogP contribution < -0.4 is 0 Å². The van der Waals surface area contributed by atoms with Gasteiger partial charge in [0.2, 0.25) is 0 Å². The third-order valence-electron chi connectivity index (χ3n) is 6.05. The van der Waals surface area contributed by atoms with Crippen molar-refractivity contribution in [2.45, 2.75) is 38.0 Å². The Morgan fingerprint density at radius 2 is 1.19 bits per heavy atom. The number of nitrogens with zero attached hydrogens (tertiary/aromatic N) is 4. The number of amides is 1. The van der Waals surface area contributed by atoms with E-state index in [-0.39, 0.29) is 11.7 Å². The van der Waals surface area contributed by atoms with Gasteiger partial charge in [-0.1, -0.05) is 12.1 Å². The highest BCUT2D eigenvalue weighted by molar-refractivity contribution is 5.94. The van der Waals surface area contributed by atoms with Crippen molar-refractivity contribution >= 4 is 23.8 Å². The van der Waals surface area contributed by atoms with Gasteiger partial charge in [-0.3, -0.25) is 14.8 Å². The Labute approximate surface area is 258 Å². The molecule has 47 heavy (non-hydrogen) atoms. The predicted molar refractivity (Wildman–Crippen MR) is 137 cm³/mol. The Morgan fingerprint density at radius 1 is 0.766 bits per heavy atom. The fourth-order valence-corrected chi connectivity index (χ4v) is 3.67. The lowest BCUT2D eigenvalue weighted by Gasteiger charge is -2.32. The summed E-state index contributed by atoms with van der Waals surface area (Å²) in [5, 5.41) is 28.8. The van der Waals surface area contributed by atoms with Crippen molar-refractivity contribution in [2.75, 3.05) is 39.8 Å². The lowest BCUT2D eigenvalue weighted by atomic mass is 10.0. The van der Waals surface area contributed by atoms with E-state index in [2.05, 4.69) is 27.0 Å². The van der Waals surface area contributed by atoms with Crippen LogP contribution in [0.25, 0.3) is 0 Å². The van der Waals surface area contributed by atoms with E-state index >= 15 is 0 Å². The van der Waals surface area contributed by atoms with E-state index in [1.54, 1.807) is 0 Å². The number of hydrogen-bond donors (Lipinski definition) is 4. The summed E-state index contributed by atoms with van der Waals surface area (Å²) >= 11 is 0. The molecule has 2 aromatic rings. The zero-order chi connectivity index (χ0) is 36.3. The van der Waals surface area contributed by atoms with Crippen LogP contribution in [-0.4, -0.2) is 122 Å². The van der Waals surface area contributed by atoms with E-state index in [0.29, 0.717) is 12.2 Å². The Morgan fingerprint density at radius 3 is 1.60 bits per heavy atom. The zero-order valence-electron chi connectivity index (χ0n) is 24.0. The molecule has 0 unspecified atom stereocenters. The van der Waals surface area contributed by atoms with Crippen molar-refractivity contribution in [3.63, 3.8) is 0 Å². The van der Waals surface area contributed by atoms with Crippen LogP contribution in [0.15, 0.2) is 24.3 Å². The van der Waals surface area contributed by atoms with Crippen LogP contribution in [0.2, 0.25) is 0 Å². The average molecular weight is 699 g/mol. The van der Waals surface area contributed by atoms with E-state index in [9.17, 15) is 48.7 Å². The summed E-state index contributed by atoms with van der Waals surface area (Å²) in [5.41, 5.74) is 3.72. The van der Waals surface area contributed by atoms with Crippen LogP contribution in [-0.2, 0) is 33.9 Å². The second-order valence-electron chi connectivity index (χ2n) is 9.62. The van der Waals surface area contributed by atoms with Crippen molar-refractivity contribution in [1.29, 1.82) is 0 Å². The first-order chi connectivity index (χ1) is 21.4. The van der Waals surface area contributed by atoms with Gasteiger partial charge in [-0.25, -0.2) is 18.8 Å². The number of halogens is 10. The summed E-state index contributed by atoms with van der Waals surface area (Å²) in [7, 11) is 2.07. The first-order valence-electron chi connectivity index (χ1n) is 12.8. The summed E-state index contributed by atoms with van der Waals surface area (Å²) in [5.74, 6) is -8.46. The number of benzene rings is 1. The van der Waals surface area contributed by atoms with Crippen LogP contribution >= 0.6 is 0 Å². The standard InChI is InChI=1S/C19H24FN5O.3C2HF3O2/c1-23-8-10-25(11-9-23)19(26)18-16-13-24(7-6-17(16)21-22-18)12-14-2-4-15(20)5-3-14;3*3-2(4,5)1(6)7/h2-5H,6-13H2,1H3,(H,21,22);3*(H,6,7). The van der Waals surface area contributed by atoms with Gasteiger partial charge in [0.25, 0.3) is 5.91 Å². The van der Waals surface area contributed by atoms with Gasteiger partial charge in [-0.05, 0) is 24.7 Å². The molecule has 1 aromatic heterocycles. The fraction of sp³-hybridized carbons (Fsp3) is 0.480. The van der Waals surface area contributed by atoms with Crippen LogP contribution in [0.5, 0.6) is 0 Å². The summed E-state index contributed by atoms with van der Waals surface area (Å²) < 4.78 is 108. The van der Waals surface area contributed by atoms with Crippen LogP contribution in [0.4, 0.5) is 43.9 Å². The number of alkyl halides is 9. The van der Waals surface area contributed by atoms with E-state index in [1.807, 2.05) is 17.0 Å². The number of carboxylic acids is 3. The zero-order valence-corrected chi connectivity index (χ0v) is 24.0. The molecular formula is C25H27F10N5O7. The largest absolute Gasteiger partial charge is 0.490 e. The minimum absolute atomic E-state index is 0.0271. The number of nitrogens with one attached hydrogen (secondary N) is 1. The number of rotatable bonds is 3. The van der Waals surface area contributed by atoms with Gasteiger partial charge in [0.1, 0.15) is 5.82 Å². The molecule has 0 aliphatic carbocycles. The van der Waals surface area contributed by atoms with E-state index in [1.165, 1.54) is 12.1 Å². The van der Waals surface area contributed by atoms with Gasteiger partial charge in [0.05, 0.1) is 0 Å². The quantitative estimate of drug-likeness (QED) is 0.349. The van der Waals surface area contributed by atoms with Crippen molar-refractivity contribution in [3.05, 3.63) is 52.6 Å². The Kier molecular flexibility index (Phi) is 14.6. The summed E-state index contributed by atoms with van der Waals surface area (Å²) in [6, 6.07) is 6.61. The van der Waals surface area contributed by atoms with Crippen molar-refractivity contribution < 1.29 is 78.4 Å². The molecule has 1 saturated heterocycles. The van der Waals surface area contributed by atoms with Crippen molar-refractivity contribution in [3.8, 4) is 0 Å². The molecule has 264 valence electrons. The number of hydrogen-bond acceptors (Lipinski definition) is 7. The second-order valence-corrected chi connectivity index (χ2v) is 9.62. The van der Waals surface area contributed by atoms with Gasteiger partial charge in [0.15, 0.2) is 5.69 Å². The molecular weight excluding hydrogens is 672 g/mol. The number of aromatic nitrogens is 2. The molecule has 0 bridgehead atoms. The predicted octanol–water partition coefficient (Wildman–Crippen LogP) is 3.39. The number of H-pyrrole nitrogens is 1. The fourth-order valence-electron chi connectivity index (χ4n) is 3.67. The van der Waals surface area contributed by atoms with Crippen LogP contribution in [0, 0.1) is 5.82 Å². The number of carbonyl (C=O) groups excluding carboxylic acids is 1. The molecule has 22 heteroatoms. The minimum atomic E-state index is -5.08. The van der Waals surface area contributed by atoms with Gasteiger partial charge >= 0.3 is 36.4 Å². The summed E-state index contributed by atoms with van der Waals surface area (Å²) in [4.78, 5) is 46.0. The highest BCUT2D eigenvalue weighted by Gasteiger charge is 2.39. The monoisotopic (exact) mass is 699 g/mol. The molecule has 0 radical (unpaired) electrons. The Hall–Kier alpha value is -4.47. The maximum absolute atomic E-state index is 13.1. The first kappa shape index (κ1) is 40.6. The molecule has 4 rings (SSSR count). The molecule has 0 atom stereocenters. The lowest BCUT2D eigenvalue weighted by molar-refractivity contribution is -0.193. The molecule has 0 saturated carbocycles. The Balaban J connectivity index is 0.000000430. The Bertz CT molecular complexity index is 1300. The number of likely N-dealkylation sites (N-methyl/N-ethyl adjacent to an activating group) is 1. The topological polar surface area (TPSA) is 167 Å². The molecule has 1 amide bonds. The molecule has 2 aliphatic heterocycles. The summed E-state index contributed by atoms with van der Waals surface area (Å²) in [6.45, 7) is 5.62. The van der Waals surface area contributed by atoms with Gasteiger partial charge in [0, 0.05) is 63.5 Å². The number of carbonyl (C=O) groups is 4. The van der Waals surface area contributed by atoms with E-state index in [4.69, 9.17) is 29.7 Å². The molecule has 0 spiro atoms. The summed E-state index contributed by atoms with van der Waals surface area (Å²) in [6.07, 6.45) is -14.4. The van der Waals surface area contributed by atoms with Crippen molar-refractivity contribution in [1.82, 2.24) is 24.9 Å². The molecule has 4 N–H and O–H groups in total. The third kappa shape index (κ3) is 14.2. The maximum atomic E-state index is 13.1. The van der Waals surface area contributed by atoms with Crippen LogP contribution in [0.1, 0.15) is 27.3 Å². The maximum Gasteiger partial charge on any atom is 0.490 e. The lowest BCUT2D eigenvalue weighted by Crippen LogP contribution is -2.47. The van der Waals surface area contributed by atoms with E-state index < -0.39 is 36.4 Å².